The number of nitrogens with one attached hydrogen (secondary N) is 1. The Labute approximate surface area is 84.8 Å². The second kappa shape index (κ2) is 5.47. The highest BCUT2D eigenvalue weighted by Gasteiger charge is 2.10. The molecule has 14 heavy (non-hydrogen) atoms. The van der Waals surface area contributed by atoms with Gasteiger partial charge in [0.25, 0.3) is 0 Å². The first-order chi connectivity index (χ1) is 6.68. The lowest BCUT2D eigenvalue weighted by Gasteiger charge is -2.19. The van der Waals surface area contributed by atoms with Crippen molar-refractivity contribution in [1.82, 2.24) is 5.32 Å². The number of hydrogen-bond acceptors (Lipinski definition) is 2. The van der Waals surface area contributed by atoms with Crippen molar-refractivity contribution in [2.24, 2.45) is 0 Å². The Morgan fingerprint density at radius 1 is 1.64 bits per heavy atom. The van der Waals surface area contributed by atoms with Crippen LogP contribution in [0.1, 0.15) is 26.7 Å². The van der Waals surface area contributed by atoms with Crippen LogP contribution in [0.2, 0.25) is 0 Å². The Bertz CT molecular complexity index is 252. The first kappa shape index (κ1) is 10.8. The molecule has 0 aromatic carbocycles. The summed E-state index contributed by atoms with van der Waals surface area (Å²) in [6.45, 7) is 4.39. The number of ether oxygens (including phenoxy) is 1. The van der Waals surface area contributed by atoms with Crippen LogP contribution in [0.25, 0.3) is 0 Å². The van der Waals surface area contributed by atoms with E-state index in [1.165, 1.54) is 0 Å². The molecule has 0 aromatic rings. The van der Waals surface area contributed by atoms with Gasteiger partial charge in [-0.15, -0.1) is 0 Å². The fourth-order valence-corrected chi connectivity index (χ4v) is 1.26. The molecule has 0 spiro atoms. The second-order valence-electron chi connectivity index (χ2n) is 3.67. The van der Waals surface area contributed by atoms with E-state index in [4.69, 9.17) is 4.74 Å². The topological polar surface area (TPSA) is 38.3 Å². The number of hydrogen-bond donors (Lipinski definition) is 1. The molecule has 1 aliphatic heterocycles. The van der Waals surface area contributed by atoms with Crippen molar-refractivity contribution < 1.29 is 9.53 Å². The molecule has 1 unspecified atom stereocenters. The van der Waals surface area contributed by atoms with E-state index in [-0.39, 0.29) is 12.0 Å². The molecule has 0 aliphatic carbocycles. The lowest BCUT2D eigenvalue weighted by atomic mass is 10.1. The maximum Gasteiger partial charge on any atom is 0.244 e. The minimum absolute atomic E-state index is 0.0387. The molecule has 1 amide bonds. The maximum atomic E-state index is 11.2. The van der Waals surface area contributed by atoms with Crippen LogP contribution in [0.3, 0.4) is 0 Å². The van der Waals surface area contributed by atoms with Crippen LogP contribution in [0, 0.1) is 0 Å². The molecule has 78 valence electrons. The third-order valence-electron chi connectivity index (χ3n) is 1.95. The van der Waals surface area contributed by atoms with Crippen LogP contribution in [-0.4, -0.2) is 18.6 Å². The molecule has 1 atom stereocenters. The first-order valence-electron chi connectivity index (χ1n) is 4.91. The van der Waals surface area contributed by atoms with E-state index in [1.54, 1.807) is 12.3 Å². The van der Waals surface area contributed by atoms with Crippen molar-refractivity contribution in [1.29, 1.82) is 0 Å². The number of allylic oxidation sites excluding steroid dienone is 2. The van der Waals surface area contributed by atoms with Crippen LogP contribution < -0.4 is 5.32 Å². The molecule has 0 radical (unpaired) electrons. The summed E-state index contributed by atoms with van der Waals surface area (Å²) in [4.78, 5) is 11.2. The van der Waals surface area contributed by atoms with E-state index >= 15 is 0 Å². The van der Waals surface area contributed by atoms with Gasteiger partial charge < -0.3 is 10.1 Å². The van der Waals surface area contributed by atoms with E-state index < -0.39 is 0 Å². The highest BCUT2D eigenvalue weighted by atomic mass is 16.5. The summed E-state index contributed by atoms with van der Waals surface area (Å²) in [5.41, 5.74) is 1.01. The average Bonchev–Trinajstić information content (AvgIpc) is 2.15. The molecule has 0 saturated carbocycles. The number of rotatable bonds is 3. The van der Waals surface area contributed by atoms with Crippen molar-refractivity contribution in [3.05, 3.63) is 24.0 Å². The summed E-state index contributed by atoms with van der Waals surface area (Å²) < 4.78 is 5.32. The van der Waals surface area contributed by atoms with Crippen molar-refractivity contribution in [2.45, 2.75) is 32.8 Å². The normalized spacial score (nSPS) is 19.7. The van der Waals surface area contributed by atoms with Gasteiger partial charge in [0, 0.05) is 6.08 Å². The zero-order valence-electron chi connectivity index (χ0n) is 8.75. The predicted octanol–water partition coefficient (Wildman–Crippen LogP) is 1.76. The highest BCUT2D eigenvalue weighted by molar-refractivity contribution is 5.88. The Morgan fingerprint density at radius 2 is 2.43 bits per heavy atom. The number of carbonyl (C=O) groups is 1. The molecule has 0 aromatic heterocycles. The minimum Gasteiger partial charge on any atom is -0.497 e. The van der Waals surface area contributed by atoms with E-state index in [0.29, 0.717) is 6.54 Å². The molecule has 0 fully saturated rings. The molecular formula is C11H17NO2. The third kappa shape index (κ3) is 4.12. The summed E-state index contributed by atoms with van der Waals surface area (Å²) in [5, 5.41) is 2.81. The molecule has 1 rings (SSSR count). The van der Waals surface area contributed by atoms with Gasteiger partial charge in [-0.3, -0.25) is 4.79 Å². The highest BCUT2D eigenvalue weighted by Crippen LogP contribution is 2.08. The van der Waals surface area contributed by atoms with Gasteiger partial charge in [0.05, 0.1) is 12.8 Å². The van der Waals surface area contributed by atoms with Gasteiger partial charge in [0.2, 0.25) is 5.91 Å². The average molecular weight is 195 g/mol. The molecule has 0 saturated heterocycles. The smallest absolute Gasteiger partial charge is 0.244 e. The van der Waals surface area contributed by atoms with Crippen LogP contribution in [0.5, 0.6) is 0 Å². The Morgan fingerprint density at radius 3 is 3.00 bits per heavy atom. The Kier molecular flexibility index (Phi) is 4.23. The SMILES string of the molecule is CC(C)=CC(=O)NCC1CCC=CO1. The summed E-state index contributed by atoms with van der Waals surface area (Å²) in [5.74, 6) is -0.0387. The van der Waals surface area contributed by atoms with Gasteiger partial charge in [-0.25, -0.2) is 0 Å². The molecule has 3 nitrogen and oxygen atoms in total. The van der Waals surface area contributed by atoms with Gasteiger partial charge >= 0.3 is 0 Å². The lowest BCUT2D eigenvalue weighted by molar-refractivity contribution is -0.117. The quantitative estimate of drug-likeness (QED) is 0.697. The lowest BCUT2D eigenvalue weighted by Crippen LogP contribution is -2.32. The monoisotopic (exact) mass is 195 g/mol. The van der Waals surface area contributed by atoms with Crippen molar-refractivity contribution in [3.8, 4) is 0 Å². The first-order valence-corrected chi connectivity index (χ1v) is 4.91. The van der Waals surface area contributed by atoms with Crippen molar-refractivity contribution in [3.63, 3.8) is 0 Å². The Balaban J connectivity index is 2.23. The zero-order valence-corrected chi connectivity index (χ0v) is 8.75. The van der Waals surface area contributed by atoms with Crippen LogP contribution in [0.15, 0.2) is 24.0 Å². The van der Waals surface area contributed by atoms with Gasteiger partial charge in [-0.1, -0.05) is 5.57 Å². The van der Waals surface area contributed by atoms with Gasteiger partial charge in [0.1, 0.15) is 6.10 Å². The van der Waals surface area contributed by atoms with Gasteiger partial charge in [0.15, 0.2) is 0 Å². The van der Waals surface area contributed by atoms with Gasteiger partial charge in [-0.05, 0) is 32.8 Å². The fourth-order valence-electron chi connectivity index (χ4n) is 1.26. The van der Waals surface area contributed by atoms with Crippen LogP contribution >= 0.6 is 0 Å². The summed E-state index contributed by atoms with van der Waals surface area (Å²) in [7, 11) is 0. The molecule has 1 N–H and O–H groups in total. The van der Waals surface area contributed by atoms with Gasteiger partial charge in [-0.2, -0.15) is 0 Å². The van der Waals surface area contributed by atoms with E-state index in [9.17, 15) is 4.79 Å². The summed E-state index contributed by atoms with van der Waals surface area (Å²) in [6, 6.07) is 0. The maximum absolute atomic E-state index is 11.2. The number of carbonyl (C=O) groups excluding carboxylic acids is 1. The van der Waals surface area contributed by atoms with E-state index in [2.05, 4.69) is 5.32 Å². The molecular weight excluding hydrogens is 178 g/mol. The predicted molar refractivity (Wildman–Crippen MR) is 55.7 cm³/mol. The fraction of sp³-hybridized carbons (Fsp3) is 0.545. The third-order valence-corrected chi connectivity index (χ3v) is 1.95. The number of amides is 1. The summed E-state index contributed by atoms with van der Waals surface area (Å²) >= 11 is 0. The minimum atomic E-state index is -0.0387. The van der Waals surface area contributed by atoms with Crippen LogP contribution in [0.4, 0.5) is 0 Å². The molecule has 3 heteroatoms. The summed E-state index contributed by atoms with van der Waals surface area (Å²) in [6.07, 6.45) is 7.44. The zero-order chi connectivity index (χ0) is 10.4. The Hall–Kier alpha value is -1.25. The molecule has 1 heterocycles. The van der Waals surface area contributed by atoms with Crippen molar-refractivity contribution >= 4 is 5.91 Å². The molecule has 1 aliphatic rings. The van der Waals surface area contributed by atoms with Crippen LogP contribution in [-0.2, 0) is 9.53 Å². The molecule has 0 bridgehead atoms. The largest absolute Gasteiger partial charge is 0.497 e. The second-order valence-corrected chi connectivity index (χ2v) is 3.67. The van der Waals surface area contributed by atoms with E-state index in [1.807, 2.05) is 19.9 Å². The standard InChI is InChI=1S/C11H17NO2/c1-9(2)7-11(13)12-8-10-5-3-4-6-14-10/h4,6-7,10H,3,5,8H2,1-2H3,(H,12,13). The van der Waals surface area contributed by atoms with Crippen molar-refractivity contribution in [2.75, 3.05) is 6.54 Å². The van der Waals surface area contributed by atoms with E-state index in [0.717, 1.165) is 18.4 Å².